The lowest BCUT2D eigenvalue weighted by Gasteiger charge is -2.08. The van der Waals surface area contributed by atoms with E-state index >= 15 is 0 Å². The third-order valence-electron chi connectivity index (χ3n) is 2.14. The van der Waals surface area contributed by atoms with E-state index in [9.17, 15) is 18.0 Å². The van der Waals surface area contributed by atoms with E-state index in [2.05, 4.69) is 52.5 Å². The van der Waals surface area contributed by atoms with Gasteiger partial charge in [-0.1, -0.05) is 15.9 Å². The minimum atomic E-state index is -4.21. The molecule has 0 fully saturated rings. The number of carbonyl (C=O) groups is 2. The molecule has 0 spiro atoms. The van der Waals surface area contributed by atoms with Gasteiger partial charge in [-0.2, -0.15) is 8.42 Å². The molecular weight excluding hydrogens is 516 g/mol. The average molecular weight is 525 g/mol. The first kappa shape index (κ1) is 19.6. The van der Waals surface area contributed by atoms with Crippen molar-refractivity contribution in [1.82, 2.24) is 0 Å². The zero-order valence-electron chi connectivity index (χ0n) is 10.7. The van der Waals surface area contributed by atoms with E-state index in [1.807, 2.05) is 0 Å². The molecule has 0 aliphatic carbocycles. The van der Waals surface area contributed by atoms with Crippen molar-refractivity contribution in [3.63, 3.8) is 0 Å². The number of ether oxygens (including phenoxy) is 2. The van der Waals surface area contributed by atoms with Gasteiger partial charge in [-0.25, -0.2) is 9.59 Å². The highest BCUT2D eigenvalue weighted by molar-refractivity contribution is 9.13. The highest BCUT2D eigenvalue weighted by atomic mass is 79.9. The summed E-state index contributed by atoms with van der Waals surface area (Å²) in [5.41, 5.74) is 0.187. The van der Waals surface area contributed by atoms with Gasteiger partial charge < -0.3 is 9.47 Å². The molecule has 0 unspecified atom stereocenters. The lowest BCUT2D eigenvalue weighted by atomic mass is 10.2. The second kappa shape index (κ2) is 8.39. The second-order valence-electron chi connectivity index (χ2n) is 3.83. The van der Waals surface area contributed by atoms with E-state index in [1.165, 1.54) is 6.07 Å². The summed E-state index contributed by atoms with van der Waals surface area (Å²) < 4.78 is 40.3. The minimum Gasteiger partial charge on any atom is -0.462 e. The van der Waals surface area contributed by atoms with Crippen molar-refractivity contribution in [2.24, 2.45) is 0 Å². The second-order valence-corrected chi connectivity index (χ2v) is 7.97. The van der Waals surface area contributed by atoms with Crippen LogP contribution < -0.4 is 0 Å². The number of benzene rings is 1. The number of hydrogen-bond acceptors (Lipinski definition) is 6. The standard InChI is InChI=1S/C11H9Br3O7S/c12-6-3-7(10(14)8(13)4-6)11(16)21-5-9(15)20-1-2-22(17,18)19/h3-4H,1-2,5H2,(H,17,18,19). The molecule has 1 aromatic carbocycles. The molecule has 0 aliphatic rings. The maximum Gasteiger partial charge on any atom is 0.344 e. The lowest BCUT2D eigenvalue weighted by molar-refractivity contribution is -0.146. The van der Waals surface area contributed by atoms with Gasteiger partial charge in [0, 0.05) is 13.4 Å². The molecule has 11 heteroatoms. The maximum absolute atomic E-state index is 11.9. The molecule has 122 valence electrons. The van der Waals surface area contributed by atoms with Gasteiger partial charge in [0.2, 0.25) is 0 Å². The monoisotopic (exact) mass is 522 g/mol. The quantitative estimate of drug-likeness (QED) is 0.346. The highest BCUT2D eigenvalue weighted by Crippen LogP contribution is 2.31. The molecule has 0 radical (unpaired) electrons. The smallest absolute Gasteiger partial charge is 0.344 e. The number of rotatable bonds is 6. The summed E-state index contributed by atoms with van der Waals surface area (Å²) in [4.78, 5) is 23.1. The van der Waals surface area contributed by atoms with Gasteiger partial charge in [-0.05, 0) is 44.0 Å². The molecule has 7 nitrogen and oxygen atoms in total. The molecule has 22 heavy (non-hydrogen) atoms. The third kappa shape index (κ3) is 6.73. The van der Waals surface area contributed by atoms with Gasteiger partial charge in [0.25, 0.3) is 10.1 Å². The van der Waals surface area contributed by atoms with Crippen LogP contribution >= 0.6 is 47.8 Å². The Morgan fingerprint density at radius 1 is 1.14 bits per heavy atom. The van der Waals surface area contributed by atoms with Crippen molar-refractivity contribution in [1.29, 1.82) is 0 Å². The molecule has 0 bridgehead atoms. The number of carbonyl (C=O) groups excluding carboxylic acids is 2. The molecule has 1 N–H and O–H groups in total. The predicted octanol–water partition coefficient (Wildman–Crippen LogP) is 2.56. The largest absolute Gasteiger partial charge is 0.462 e. The SMILES string of the molecule is O=C(COC(=O)c1cc(Br)cc(Br)c1Br)OCCS(=O)(=O)O. The summed E-state index contributed by atoms with van der Waals surface area (Å²) >= 11 is 9.67. The van der Waals surface area contributed by atoms with Crippen LogP contribution in [0.25, 0.3) is 0 Å². The van der Waals surface area contributed by atoms with Gasteiger partial charge >= 0.3 is 11.9 Å². The summed E-state index contributed by atoms with van der Waals surface area (Å²) in [7, 11) is -4.21. The Labute approximate surface area is 151 Å². The highest BCUT2D eigenvalue weighted by Gasteiger charge is 2.17. The summed E-state index contributed by atoms with van der Waals surface area (Å²) in [5, 5.41) is 0. The molecule has 1 rings (SSSR count). The van der Waals surface area contributed by atoms with Gasteiger partial charge in [0.15, 0.2) is 6.61 Å². The molecule has 0 aliphatic heterocycles. The zero-order valence-corrected chi connectivity index (χ0v) is 16.3. The Kier molecular flexibility index (Phi) is 7.46. The van der Waals surface area contributed by atoms with E-state index in [1.54, 1.807) is 6.07 Å². The molecular formula is C11H9Br3O7S. The molecule has 0 atom stereocenters. The van der Waals surface area contributed by atoms with Crippen molar-refractivity contribution in [3.8, 4) is 0 Å². The summed E-state index contributed by atoms with van der Waals surface area (Å²) in [5.74, 6) is -2.42. The first-order chi connectivity index (χ1) is 10.1. The Morgan fingerprint density at radius 3 is 2.36 bits per heavy atom. The van der Waals surface area contributed by atoms with Crippen molar-refractivity contribution in [3.05, 3.63) is 31.1 Å². The summed E-state index contributed by atoms with van der Waals surface area (Å²) in [6.07, 6.45) is 0. The van der Waals surface area contributed by atoms with Crippen LogP contribution in [-0.4, -0.2) is 43.9 Å². The molecule has 0 aromatic heterocycles. The summed E-state index contributed by atoms with van der Waals surface area (Å²) in [6.45, 7) is -1.21. The Hall–Kier alpha value is -0.490. The van der Waals surface area contributed by atoms with Crippen LogP contribution in [0, 0.1) is 0 Å². The van der Waals surface area contributed by atoms with Crippen molar-refractivity contribution in [2.45, 2.75) is 0 Å². The fourth-order valence-electron chi connectivity index (χ4n) is 1.21. The van der Waals surface area contributed by atoms with Crippen LogP contribution in [0.5, 0.6) is 0 Å². The van der Waals surface area contributed by atoms with Crippen LogP contribution in [0.1, 0.15) is 10.4 Å². The van der Waals surface area contributed by atoms with Crippen molar-refractivity contribution >= 4 is 69.8 Å². The number of hydrogen-bond donors (Lipinski definition) is 1. The minimum absolute atomic E-state index is 0.187. The molecule has 0 heterocycles. The average Bonchev–Trinajstić information content (AvgIpc) is 2.38. The van der Waals surface area contributed by atoms with Crippen LogP contribution in [0.4, 0.5) is 0 Å². The topological polar surface area (TPSA) is 107 Å². The van der Waals surface area contributed by atoms with Crippen LogP contribution in [0.15, 0.2) is 25.6 Å². The van der Waals surface area contributed by atoms with Crippen LogP contribution in [0.3, 0.4) is 0 Å². The van der Waals surface area contributed by atoms with E-state index < -0.39 is 41.0 Å². The van der Waals surface area contributed by atoms with Crippen molar-refractivity contribution < 1.29 is 32.0 Å². The molecule has 0 saturated heterocycles. The van der Waals surface area contributed by atoms with Gasteiger partial charge in [-0.15, -0.1) is 0 Å². The van der Waals surface area contributed by atoms with Crippen molar-refractivity contribution in [2.75, 3.05) is 19.0 Å². The third-order valence-corrected chi connectivity index (χ3v) is 5.29. The van der Waals surface area contributed by atoms with E-state index in [0.29, 0.717) is 13.4 Å². The number of halogens is 3. The fourth-order valence-corrected chi connectivity index (χ4v) is 3.12. The number of esters is 2. The first-order valence-electron chi connectivity index (χ1n) is 5.52. The van der Waals surface area contributed by atoms with E-state index in [0.717, 1.165) is 0 Å². The maximum atomic E-state index is 11.9. The fraction of sp³-hybridized carbons (Fsp3) is 0.273. The van der Waals surface area contributed by atoms with Crippen LogP contribution in [-0.2, 0) is 24.4 Å². The van der Waals surface area contributed by atoms with Crippen LogP contribution in [0.2, 0.25) is 0 Å². The van der Waals surface area contributed by atoms with E-state index in [4.69, 9.17) is 9.29 Å². The predicted molar refractivity (Wildman–Crippen MR) is 87.2 cm³/mol. The van der Waals surface area contributed by atoms with E-state index in [-0.39, 0.29) is 5.56 Å². The normalized spacial score (nSPS) is 11.1. The van der Waals surface area contributed by atoms with Gasteiger partial charge in [-0.3, -0.25) is 4.55 Å². The summed E-state index contributed by atoms with van der Waals surface area (Å²) in [6, 6.07) is 3.21. The molecule has 0 saturated carbocycles. The van der Waals surface area contributed by atoms with Gasteiger partial charge in [0.1, 0.15) is 12.4 Å². The Bertz CT molecular complexity index is 687. The lowest BCUT2D eigenvalue weighted by Crippen LogP contribution is -2.20. The zero-order chi connectivity index (χ0) is 16.9. The van der Waals surface area contributed by atoms with Gasteiger partial charge in [0.05, 0.1) is 5.56 Å². The molecule has 1 aromatic rings. The molecule has 0 amide bonds. The first-order valence-corrected chi connectivity index (χ1v) is 9.51. The Morgan fingerprint density at radius 2 is 1.77 bits per heavy atom. The Balaban J connectivity index is 2.55.